The molecule has 0 radical (unpaired) electrons. The Bertz CT molecular complexity index is 459. The number of rotatable bonds is 5. The van der Waals surface area contributed by atoms with Gasteiger partial charge in [0.1, 0.15) is 13.2 Å². The molecule has 1 amide bonds. The second-order valence-electron chi connectivity index (χ2n) is 4.24. The summed E-state index contributed by atoms with van der Waals surface area (Å²) < 4.78 is 10.9. The highest BCUT2D eigenvalue weighted by Gasteiger charge is 2.16. The van der Waals surface area contributed by atoms with Crippen LogP contribution in [0.4, 0.5) is 5.69 Å². The van der Waals surface area contributed by atoms with E-state index in [9.17, 15) is 4.79 Å². The van der Waals surface area contributed by atoms with Crippen LogP contribution in [0.3, 0.4) is 0 Å². The van der Waals surface area contributed by atoms with Crippen LogP contribution in [0.2, 0.25) is 0 Å². The molecule has 0 saturated heterocycles. The van der Waals surface area contributed by atoms with Crippen LogP contribution in [0.5, 0.6) is 11.5 Å². The molecule has 2 rings (SSSR count). The molecular weight excluding hydrogens is 300 g/mol. The summed E-state index contributed by atoms with van der Waals surface area (Å²) in [6.07, 6.45) is 2.66. The highest BCUT2D eigenvalue weighted by atomic mass is 35.5. The molecule has 0 spiro atoms. The second kappa shape index (κ2) is 8.24. The van der Waals surface area contributed by atoms with Gasteiger partial charge in [0.2, 0.25) is 5.91 Å². The number of carbonyl (C=O) groups is 1. The molecule has 0 aliphatic carbocycles. The summed E-state index contributed by atoms with van der Waals surface area (Å²) in [5.74, 6) is 2.05. The van der Waals surface area contributed by atoms with Crippen molar-refractivity contribution in [1.29, 1.82) is 0 Å². The van der Waals surface area contributed by atoms with E-state index in [1.165, 1.54) is 0 Å². The zero-order chi connectivity index (χ0) is 13.7. The highest BCUT2D eigenvalue weighted by Crippen LogP contribution is 2.32. The highest BCUT2D eigenvalue weighted by molar-refractivity contribution is 7.98. The lowest BCUT2D eigenvalue weighted by atomic mass is 10.2. The van der Waals surface area contributed by atoms with Gasteiger partial charge in [0, 0.05) is 11.8 Å². The Morgan fingerprint density at radius 2 is 2.10 bits per heavy atom. The van der Waals surface area contributed by atoms with Gasteiger partial charge in [0.05, 0.1) is 6.04 Å². The number of carbonyl (C=O) groups excluding carboxylic acids is 1. The second-order valence-corrected chi connectivity index (χ2v) is 5.22. The minimum absolute atomic E-state index is 0. The molecule has 7 heteroatoms. The normalized spacial score (nSPS) is 14.1. The first-order chi connectivity index (χ1) is 9.20. The van der Waals surface area contributed by atoms with Gasteiger partial charge < -0.3 is 20.5 Å². The predicted octanol–water partition coefficient (Wildman–Crippen LogP) is 1.90. The number of thioether (sulfide) groups is 1. The number of anilines is 1. The number of amides is 1. The molecule has 1 aliphatic rings. The number of benzene rings is 1. The summed E-state index contributed by atoms with van der Waals surface area (Å²) in [6.45, 7) is 1.08. The van der Waals surface area contributed by atoms with Crippen molar-refractivity contribution >= 4 is 35.8 Å². The van der Waals surface area contributed by atoms with Crippen LogP contribution < -0.4 is 20.5 Å². The van der Waals surface area contributed by atoms with Gasteiger partial charge in [-0.15, -0.1) is 12.4 Å². The Morgan fingerprint density at radius 3 is 2.80 bits per heavy atom. The van der Waals surface area contributed by atoms with E-state index < -0.39 is 6.04 Å². The lowest BCUT2D eigenvalue weighted by Gasteiger charge is -2.19. The summed E-state index contributed by atoms with van der Waals surface area (Å²) in [5.41, 5.74) is 6.48. The Morgan fingerprint density at radius 1 is 1.40 bits per heavy atom. The fourth-order valence-corrected chi connectivity index (χ4v) is 2.22. The average Bonchev–Trinajstić information content (AvgIpc) is 2.44. The monoisotopic (exact) mass is 318 g/mol. The van der Waals surface area contributed by atoms with Crippen LogP contribution in [0.1, 0.15) is 6.42 Å². The molecule has 1 heterocycles. The first-order valence-electron chi connectivity index (χ1n) is 6.15. The predicted molar refractivity (Wildman–Crippen MR) is 84.3 cm³/mol. The molecule has 0 unspecified atom stereocenters. The molecule has 0 aromatic heterocycles. The van der Waals surface area contributed by atoms with Crippen molar-refractivity contribution in [3.8, 4) is 11.5 Å². The van der Waals surface area contributed by atoms with Gasteiger partial charge in [0.15, 0.2) is 11.5 Å². The molecular formula is C13H19ClN2O3S. The number of halogens is 1. The van der Waals surface area contributed by atoms with E-state index in [2.05, 4.69) is 5.32 Å². The van der Waals surface area contributed by atoms with E-state index in [0.717, 1.165) is 5.75 Å². The molecule has 0 bridgehead atoms. The van der Waals surface area contributed by atoms with Gasteiger partial charge in [-0.2, -0.15) is 11.8 Å². The van der Waals surface area contributed by atoms with Crippen LogP contribution in [-0.2, 0) is 4.79 Å². The lowest BCUT2D eigenvalue weighted by Crippen LogP contribution is -2.36. The van der Waals surface area contributed by atoms with Crippen LogP contribution in [-0.4, -0.2) is 37.2 Å². The van der Waals surface area contributed by atoms with Crippen molar-refractivity contribution in [2.75, 3.05) is 30.5 Å². The van der Waals surface area contributed by atoms with Crippen molar-refractivity contribution in [2.45, 2.75) is 12.5 Å². The molecule has 112 valence electrons. The Balaban J connectivity index is 0.00000200. The molecule has 5 nitrogen and oxygen atoms in total. The third-order valence-corrected chi connectivity index (χ3v) is 3.42. The molecule has 1 aromatic carbocycles. The number of nitrogens with two attached hydrogens (primary N) is 1. The topological polar surface area (TPSA) is 73.6 Å². The van der Waals surface area contributed by atoms with Gasteiger partial charge in [-0.25, -0.2) is 0 Å². The summed E-state index contributed by atoms with van der Waals surface area (Å²) in [4.78, 5) is 11.9. The lowest BCUT2D eigenvalue weighted by molar-refractivity contribution is -0.117. The summed E-state index contributed by atoms with van der Waals surface area (Å²) >= 11 is 1.68. The molecule has 3 N–H and O–H groups in total. The van der Waals surface area contributed by atoms with Gasteiger partial charge in [-0.1, -0.05) is 0 Å². The van der Waals surface area contributed by atoms with E-state index in [-0.39, 0.29) is 18.3 Å². The fourth-order valence-electron chi connectivity index (χ4n) is 1.73. The zero-order valence-corrected chi connectivity index (χ0v) is 12.9. The van der Waals surface area contributed by atoms with Gasteiger partial charge in [0.25, 0.3) is 0 Å². The van der Waals surface area contributed by atoms with Crippen LogP contribution in [0.25, 0.3) is 0 Å². The minimum Gasteiger partial charge on any atom is -0.486 e. The summed E-state index contributed by atoms with van der Waals surface area (Å²) in [6, 6.07) is 4.85. The Kier molecular flexibility index (Phi) is 6.98. The van der Waals surface area contributed by atoms with Crippen molar-refractivity contribution in [1.82, 2.24) is 0 Å². The van der Waals surface area contributed by atoms with Crippen molar-refractivity contribution < 1.29 is 14.3 Å². The number of hydrogen-bond donors (Lipinski definition) is 2. The zero-order valence-electron chi connectivity index (χ0n) is 11.3. The van der Waals surface area contributed by atoms with Gasteiger partial charge in [-0.05, 0) is 30.6 Å². The molecule has 0 saturated carbocycles. The smallest absolute Gasteiger partial charge is 0.241 e. The van der Waals surface area contributed by atoms with E-state index >= 15 is 0 Å². The molecule has 0 fully saturated rings. The molecule has 1 aliphatic heterocycles. The van der Waals surface area contributed by atoms with Crippen LogP contribution in [0, 0.1) is 0 Å². The number of fused-ring (bicyclic) bond motifs is 1. The first kappa shape index (κ1) is 16.9. The standard InChI is InChI=1S/C13H18N2O3S.ClH/c1-19-7-4-10(14)13(16)15-9-2-3-11-12(8-9)18-6-5-17-11;/h2-3,8,10H,4-7,14H2,1H3,(H,15,16);1H/t10-;/m0./s1. The average molecular weight is 319 g/mol. The first-order valence-corrected chi connectivity index (χ1v) is 7.55. The maximum atomic E-state index is 11.9. The van der Waals surface area contributed by atoms with E-state index in [4.69, 9.17) is 15.2 Å². The van der Waals surface area contributed by atoms with Crippen molar-refractivity contribution in [3.05, 3.63) is 18.2 Å². The van der Waals surface area contributed by atoms with Gasteiger partial charge >= 0.3 is 0 Å². The SMILES string of the molecule is CSCC[C@H](N)C(=O)Nc1ccc2c(c1)OCCO2.Cl. The Labute approximate surface area is 129 Å². The van der Waals surface area contributed by atoms with Crippen molar-refractivity contribution in [2.24, 2.45) is 5.73 Å². The maximum Gasteiger partial charge on any atom is 0.241 e. The summed E-state index contributed by atoms with van der Waals surface area (Å²) in [5, 5.41) is 2.79. The number of hydrogen-bond acceptors (Lipinski definition) is 5. The molecule has 1 aromatic rings. The van der Waals surface area contributed by atoms with Crippen LogP contribution in [0.15, 0.2) is 18.2 Å². The third-order valence-electron chi connectivity index (χ3n) is 2.78. The van der Waals surface area contributed by atoms with Crippen molar-refractivity contribution in [3.63, 3.8) is 0 Å². The van der Waals surface area contributed by atoms with E-state index in [1.807, 2.05) is 6.26 Å². The van der Waals surface area contributed by atoms with E-state index in [0.29, 0.717) is 36.8 Å². The summed E-state index contributed by atoms with van der Waals surface area (Å²) in [7, 11) is 0. The third kappa shape index (κ3) is 4.47. The van der Waals surface area contributed by atoms with E-state index in [1.54, 1.807) is 30.0 Å². The fraction of sp³-hybridized carbons (Fsp3) is 0.462. The minimum atomic E-state index is -0.486. The maximum absolute atomic E-state index is 11.9. The largest absolute Gasteiger partial charge is 0.486 e. The molecule has 20 heavy (non-hydrogen) atoms. The van der Waals surface area contributed by atoms with Gasteiger partial charge in [-0.3, -0.25) is 4.79 Å². The number of ether oxygens (including phenoxy) is 2. The Hall–Kier alpha value is -1.11. The quantitative estimate of drug-likeness (QED) is 0.867. The van der Waals surface area contributed by atoms with Crippen LogP contribution >= 0.6 is 24.2 Å². The number of nitrogens with one attached hydrogen (secondary N) is 1. The molecule has 1 atom stereocenters.